The van der Waals surface area contributed by atoms with Gasteiger partial charge in [-0.15, -0.1) is 0 Å². The van der Waals surface area contributed by atoms with Crippen molar-refractivity contribution in [2.45, 2.75) is 63.3 Å². The second-order valence-electron chi connectivity index (χ2n) is 8.15. The van der Waals surface area contributed by atoms with Crippen LogP contribution in [0.5, 0.6) is 11.5 Å². The zero-order chi connectivity index (χ0) is 21.6. The summed E-state index contributed by atoms with van der Waals surface area (Å²) in [5.74, 6) is 0.428. The van der Waals surface area contributed by atoms with Crippen LogP contribution < -0.4 is 19.5 Å². The highest BCUT2D eigenvalue weighted by atomic mass is 32.2. The molecule has 1 aromatic rings. The van der Waals surface area contributed by atoms with E-state index in [0.29, 0.717) is 31.3 Å². The summed E-state index contributed by atoms with van der Waals surface area (Å²) < 4.78 is 39.6. The van der Waals surface area contributed by atoms with Crippen molar-refractivity contribution in [1.82, 2.24) is 10.0 Å². The molecule has 7 nitrogen and oxygen atoms in total. The summed E-state index contributed by atoms with van der Waals surface area (Å²) in [6.07, 6.45) is 8.42. The summed E-state index contributed by atoms with van der Waals surface area (Å²) in [4.78, 5) is 12.8. The second-order valence-corrected chi connectivity index (χ2v) is 9.87. The summed E-state index contributed by atoms with van der Waals surface area (Å²) in [6.45, 7) is 5.16. The SMILES string of the molecule is CC(C)C(NS(=O)(=O)c1ccc2c(c1)OCCCO2)C(=O)NCCC1=CCCCC1. The highest BCUT2D eigenvalue weighted by Crippen LogP contribution is 2.32. The smallest absolute Gasteiger partial charge is 0.241 e. The molecule has 0 saturated carbocycles. The van der Waals surface area contributed by atoms with E-state index in [1.54, 1.807) is 6.07 Å². The molecule has 0 aromatic heterocycles. The maximum atomic E-state index is 12.9. The quantitative estimate of drug-likeness (QED) is 0.611. The third kappa shape index (κ3) is 5.98. The van der Waals surface area contributed by atoms with Gasteiger partial charge in [0.25, 0.3) is 0 Å². The molecule has 1 aromatic carbocycles. The number of sulfonamides is 1. The van der Waals surface area contributed by atoms with Crippen LogP contribution in [0.15, 0.2) is 34.7 Å². The summed E-state index contributed by atoms with van der Waals surface area (Å²) in [5.41, 5.74) is 1.37. The lowest BCUT2D eigenvalue weighted by molar-refractivity contribution is -0.123. The van der Waals surface area contributed by atoms with E-state index >= 15 is 0 Å². The number of amides is 1. The molecule has 1 atom stereocenters. The van der Waals surface area contributed by atoms with Gasteiger partial charge in [-0.05, 0) is 50.2 Å². The molecule has 0 bridgehead atoms. The molecule has 1 aliphatic heterocycles. The summed E-state index contributed by atoms with van der Waals surface area (Å²) in [6, 6.07) is 3.66. The molecule has 0 radical (unpaired) electrons. The lowest BCUT2D eigenvalue weighted by Crippen LogP contribution is -2.49. The van der Waals surface area contributed by atoms with E-state index in [9.17, 15) is 13.2 Å². The molecule has 30 heavy (non-hydrogen) atoms. The Bertz CT molecular complexity index is 880. The number of ether oxygens (including phenoxy) is 2. The molecule has 1 amide bonds. The molecule has 8 heteroatoms. The maximum Gasteiger partial charge on any atom is 0.241 e. The Morgan fingerprint density at radius 3 is 2.57 bits per heavy atom. The van der Waals surface area contributed by atoms with Gasteiger partial charge in [0.2, 0.25) is 15.9 Å². The van der Waals surface area contributed by atoms with Crippen molar-refractivity contribution in [2.75, 3.05) is 19.8 Å². The Balaban J connectivity index is 1.65. The van der Waals surface area contributed by atoms with Crippen molar-refractivity contribution in [2.24, 2.45) is 5.92 Å². The van der Waals surface area contributed by atoms with Crippen molar-refractivity contribution >= 4 is 15.9 Å². The van der Waals surface area contributed by atoms with E-state index in [0.717, 1.165) is 25.7 Å². The number of hydrogen-bond donors (Lipinski definition) is 2. The minimum absolute atomic E-state index is 0.0533. The molecule has 166 valence electrons. The van der Waals surface area contributed by atoms with Crippen LogP contribution in [-0.4, -0.2) is 40.1 Å². The average molecular weight is 437 g/mol. The first-order chi connectivity index (χ1) is 14.4. The lowest BCUT2D eigenvalue weighted by atomic mass is 9.97. The third-order valence-electron chi connectivity index (χ3n) is 5.39. The molecule has 1 heterocycles. The molecule has 2 aliphatic rings. The van der Waals surface area contributed by atoms with Gasteiger partial charge >= 0.3 is 0 Å². The number of carbonyl (C=O) groups is 1. The van der Waals surface area contributed by atoms with Crippen LogP contribution in [0.25, 0.3) is 0 Å². The Morgan fingerprint density at radius 2 is 1.87 bits per heavy atom. The van der Waals surface area contributed by atoms with Gasteiger partial charge in [0, 0.05) is 19.0 Å². The first-order valence-electron chi connectivity index (χ1n) is 10.7. The van der Waals surface area contributed by atoms with Crippen LogP contribution in [0, 0.1) is 5.92 Å². The first kappa shape index (κ1) is 22.6. The second kappa shape index (κ2) is 10.3. The molecular formula is C22H32N2O5S. The van der Waals surface area contributed by atoms with Gasteiger partial charge in [0.15, 0.2) is 11.5 Å². The molecule has 1 aliphatic carbocycles. The molecule has 0 fully saturated rings. The summed E-state index contributed by atoms with van der Waals surface area (Å²) in [5, 5.41) is 2.89. The fraction of sp³-hybridized carbons (Fsp3) is 0.591. The molecule has 2 N–H and O–H groups in total. The standard InChI is InChI=1S/C22H32N2O5S/c1-16(2)21(22(25)23-12-11-17-7-4-3-5-8-17)24-30(26,27)18-9-10-19-20(15-18)29-14-6-13-28-19/h7,9-10,15-16,21,24H,3-6,8,11-14H2,1-2H3,(H,23,25). The molecule has 3 rings (SSSR count). The molecule has 0 spiro atoms. The van der Waals surface area contributed by atoms with Gasteiger partial charge in [0.1, 0.15) is 6.04 Å². The van der Waals surface area contributed by atoms with Gasteiger partial charge in [-0.3, -0.25) is 4.79 Å². The fourth-order valence-corrected chi connectivity index (χ4v) is 4.99. The average Bonchev–Trinajstić information content (AvgIpc) is 2.97. The largest absolute Gasteiger partial charge is 0.490 e. The van der Waals surface area contributed by atoms with Crippen LogP contribution >= 0.6 is 0 Å². The van der Waals surface area contributed by atoms with Gasteiger partial charge in [0.05, 0.1) is 18.1 Å². The minimum Gasteiger partial charge on any atom is -0.490 e. The zero-order valence-electron chi connectivity index (χ0n) is 17.8. The Labute approximate surface area is 179 Å². The maximum absolute atomic E-state index is 12.9. The highest BCUT2D eigenvalue weighted by Gasteiger charge is 2.29. The van der Waals surface area contributed by atoms with Crippen molar-refractivity contribution in [3.05, 3.63) is 29.8 Å². The van der Waals surface area contributed by atoms with Crippen LogP contribution in [0.2, 0.25) is 0 Å². The topological polar surface area (TPSA) is 93.7 Å². The number of hydrogen-bond acceptors (Lipinski definition) is 5. The predicted molar refractivity (Wildman–Crippen MR) is 115 cm³/mol. The number of allylic oxidation sites excluding steroid dienone is 1. The molecular weight excluding hydrogens is 404 g/mol. The van der Waals surface area contributed by atoms with E-state index < -0.39 is 16.1 Å². The lowest BCUT2D eigenvalue weighted by Gasteiger charge is -2.22. The van der Waals surface area contributed by atoms with Crippen LogP contribution in [0.3, 0.4) is 0 Å². The number of benzene rings is 1. The monoisotopic (exact) mass is 436 g/mol. The number of nitrogens with one attached hydrogen (secondary N) is 2. The van der Waals surface area contributed by atoms with Crippen LogP contribution in [0.1, 0.15) is 52.4 Å². The van der Waals surface area contributed by atoms with E-state index in [2.05, 4.69) is 16.1 Å². The Kier molecular flexibility index (Phi) is 7.77. The summed E-state index contributed by atoms with van der Waals surface area (Å²) in [7, 11) is -3.90. The van der Waals surface area contributed by atoms with Crippen molar-refractivity contribution < 1.29 is 22.7 Å². The van der Waals surface area contributed by atoms with E-state index in [1.807, 2.05) is 13.8 Å². The number of rotatable bonds is 8. The van der Waals surface area contributed by atoms with Crippen LogP contribution in [0.4, 0.5) is 0 Å². The van der Waals surface area contributed by atoms with E-state index in [1.165, 1.54) is 30.5 Å². The van der Waals surface area contributed by atoms with Crippen molar-refractivity contribution in [3.8, 4) is 11.5 Å². The first-order valence-corrected chi connectivity index (χ1v) is 12.2. The number of fused-ring (bicyclic) bond motifs is 1. The highest BCUT2D eigenvalue weighted by molar-refractivity contribution is 7.89. The normalized spacial score (nSPS) is 17.8. The predicted octanol–water partition coefficient (Wildman–Crippen LogP) is 3.16. The molecule has 0 saturated heterocycles. The van der Waals surface area contributed by atoms with Crippen LogP contribution in [-0.2, 0) is 14.8 Å². The van der Waals surface area contributed by atoms with Gasteiger partial charge in [-0.1, -0.05) is 25.5 Å². The fourth-order valence-electron chi connectivity index (χ4n) is 3.63. The van der Waals surface area contributed by atoms with Crippen molar-refractivity contribution in [3.63, 3.8) is 0 Å². The third-order valence-corrected chi connectivity index (χ3v) is 6.83. The Morgan fingerprint density at radius 1 is 1.10 bits per heavy atom. The van der Waals surface area contributed by atoms with Gasteiger partial charge in [-0.2, -0.15) is 4.72 Å². The zero-order valence-corrected chi connectivity index (χ0v) is 18.6. The Hall–Kier alpha value is -2.06. The molecule has 1 unspecified atom stereocenters. The van der Waals surface area contributed by atoms with E-state index in [4.69, 9.17) is 9.47 Å². The van der Waals surface area contributed by atoms with E-state index in [-0.39, 0.29) is 16.7 Å². The summed E-state index contributed by atoms with van der Waals surface area (Å²) >= 11 is 0. The van der Waals surface area contributed by atoms with Gasteiger partial charge in [-0.25, -0.2) is 8.42 Å². The van der Waals surface area contributed by atoms with Gasteiger partial charge < -0.3 is 14.8 Å². The number of carbonyl (C=O) groups excluding carboxylic acids is 1. The minimum atomic E-state index is -3.90. The van der Waals surface area contributed by atoms with Crippen molar-refractivity contribution in [1.29, 1.82) is 0 Å².